The first-order chi connectivity index (χ1) is 24.0. The molecule has 0 heterocycles. The van der Waals surface area contributed by atoms with Crippen LogP contribution in [0.3, 0.4) is 0 Å². The molecule has 0 aliphatic carbocycles. The lowest BCUT2D eigenvalue weighted by Crippen LogP contribution is -2.14. The highest BCUT2D eigenvalue weighted by atomic mass is 16.6. The molecule has 0 spiro atoms. The van der Waals surface area contributed by atoms with Gasteiger partial charge in [0, 0.05) is 0 Å². The highest BCUT2D eigenvalue weighted by Crippen LogP contribution is 2.23. The largest absolute Gasteiger partial charge is 0.491 e. The molecule has 49 heavy (non-hydrogen) atoms. The number of azo groups is 2. The Morgan fingerprint density at radius 3 is 0.959 bits per heavy atom. The lowest BCUT2D eigenvalue weighted by Gasteiger charge is -2.09. The minimum atomic E-state index is -0.398. The topological polar surface area (TPSA) is 148 Å². The van der Waals surface area contributed by atoms with E-state index >= 15 is 0 Å². The summed E-state index contributed by atoms with van der Waals surface area (Å²) < 4.78 is 37.4. The van der Waals surface area contributed by atoms with E-state index in [-0.39, 0.29) is 0 Å². The Kier molecular flexibility index (Phi) is 15.3. The average molecular weight is 671 g/mol. The van der Waals surface area contributed by atoms with Crippen LogP contribution in [0.25, 0.3) is 0 Å². The molecule has 13 nitrogen and oxygen atoms in total. The Bertz CT molecular complexity index is 1500. The zero-order valence-electron chi connectivity index (χ0n) is 27.4. The lowest BCUT2D eigenvalue weighted by molar-refractivity contribution is 0.00499. The van der Waals surface area contributed by atoms with E-state index in [4.69, 9.17) is 23.7 Å². The second-order valence-corrected chi connectivity index (χ2v) is 10.00. The van der Waals surface area contributed by atoms with Gasteiger partial charge in [0.2, 0.25) is 0 Å². The number of methoxy groups -OCH3 is 2. The van der Waals surface area contributed by atoms with E-state index in [1.807, 2.05) is 24.3 Å². The summed E-state index contributed by atoms with van der Waals surface area (Å²) in [6.07, 6.45) is 0. The average Bonchev–Trinajstić information content (AvgIpc) is 3.15. The van der Waals surface area contributed by atoms with Crippen LogP contribution < -0.4 is 9.47 Å². The summed E-state index contributed by atoms with van der Waals surface area (Å²) in [6.45, 7) is 3.45. The van der Waals surface area contributed by atoms with E-state index in [0.29, 0.717) is 98.2 Å². The van der Waals surface area contributed by atoms with Crippen molar-refractivity contribution in [3.05, 3.63) is 108 Å². The van der Waals surface area contributed by atoms with Crippen molar-refractivity contribution in [3.63, 3.8) is 0 Å². The highest BCUT2D eigenvalue weighted by Gasteiger charge is 2.05. The smallest absolute Gasteiger partial charge is 0.337 e. The van der Waals surface area contributed by atoms with Crippen molar-refractivity contribution in [2.24, 2.45) is 20.5 Å². The first-order valence-electron chi connectivity index (χ1n) is 15.4. The Hall–Kier alpha value is -5.50. The SMILES string of the molecule is COC(=O)c1ccc(N=Nc2ccc(OCCOCCOCCOCCOc3ccc(N=Nc4ccc(C(=O)OC)cc4)cc3)cc2)cc1. The summed E-state index contributed by atoms with van der Waals surface area (Å²) in [6, 6.07) is 27.8. The molecule has 0 amide bonds. The second kappa shape index (κ2) is 20.7. The standard InChI is InChI=1S/C36H38N4O9/c1-43-35(41)27-3-7-29(8-4-27)37-39-31-11-15-33(16-12-31)48-25-23-46-21-19-45-20-22-47-24-26-49-34-17-13-32(14-18-34)40-38-30-9-5-28(6-10-30)36(42)44-2/h3-18H,19-26H2,1-2H3. The Balaban J connectivity index is 0.968. The molecule has 0 fully saturated rings. The van der Waals surface area contributed by atoms with Crippen molar-refractivity contribution in [2.45, 2.75) is 0 Å². The number of esters is 2. The van der Waals surface area contributed by atoms with Crippen LogP contribution in [0.1, 0.15) is 20.7 Å². The third-order valence-corrected chi connectivity index (χ3v) is 6.55. The molecule has 0 unspecified atom stereocenters. The maximum Gasteiger partial charge on any atom is 0.337 e. The molecule has 0 aliphatic rings. The molecule has 4 aromatic carbocycles. The van der Waals surface area contributed by atoms with E-state index in [2.05, 4.69) is 29.9 Å². The number of rotatable bonds is 20. The fourth-order valence-electron chi connectivity index (χ4n) is 3.99. The predicted molar refractivity (Wildman–Crippen MR) is 180 cm³/mol. The van der Waals surface area contributed by atoms with Crippen molar-refractivity contribution in [1.82, 2.24) is 0 Å². The van der Waals surface area contributed by atoms with Gasteiger partial charge >= 0.3 is 11.9 Å². The number of nitrogens with zero attached hydrogens (tertiary/aromatic N) is 4. The zero-order chi connectivity index (χ0) is 34.5. The minimum Gasteiger partial charge on any atom is -0.491 e. The number of ether oxygens (including phenoxy) is 7. The first-order valence-corrected chi connectivity index (χ1v) is 15.4. The monoisotopic (exact) mass is 670 g/mol. The van der Waals surface area contributed by atoms with Gasteiger partial charge in [-0.15, -0.1) is 0 Å². The van der Waals surface area contributed by atoms with Gasteiger partial charge in [-0.2, -0.15) is 20.5 Å². The number of hydrogen-bond donors (Lipinski definition) is 0. The maximum atomic E-state index is 11.5. The summed E-state index contributed by atoms with van der Waals surface area (Å²) in [5, 5.41) is 16.7. The fourth-order valence-corrected chi connectivity index (χ4v) is 3.99. The molecule has 0 N–H and O–H groups in total. The molecule has 13 heteroatoms. The number of benzene rings is 4. The quantitative estimate of drug-likeness (QED) is 0.0526. The highest BCUT2D eigenvalue weighted by molar-refractivity contribution is 5.90. The first kappa shape index (κ1) is 36.3. The number of carbonyl (C=O) groups excluding carboxylic acids is 2. The minimum absolute atomic E-state index is 0.398. The third kappa shape index (κ3) is 13.3. The Morgan fingerprint density at radius 2 is 0.673 bits per heavy atom. The lowest BCUT2D eigenvalue weighted by atomic mass is 10.2. The van der Waals surface area contributed by atoms with Crippen molar-refractivity contribution in [2.75, 3.05) is 67.1 Å². The fraction of sp³-hybridized carbons (Fsp3) is 0.278. The van der Waals surface area contributed by atoms with E-state index in [1.165, 1.54) is 14.2 Å². The summed E-state index contributed by atoms with van der Waals surface area (Å²) in [7, 11) is 2.68. The van der Waals surface area contributed by atoms with Gasteiger partial charge in [0.25, 0.3) is 0 Å². The molecule has 256 valence electrons. The molecule has 0 bridgehead atoms. The molecule has 0 radical (unpaired) electrons. The van der Waals surface area contributed by atoms with Crippen LogP contribution in [0, 0.1) is 0 Å². The van der Waals surface area contributed by atoms with Gasteiger partial charge in [0.15, 0.2) is 0 Å². The van der Waals surface area contributed by atoms with Crippen molar-refractivity contribution >= 4 is 34.7 Å². The van der Waals surface area contributed by atoms with E-state index in [9.17, 15) is 9.59 Å². The summed E-state index contributed by atoms with van der Waals surface area (Å²) >= 11 is 0. The van der Waals surface area contributed by atoms with Gasteiger partial charge in [-0.05, 0) is 97.1 Å². The van der Waals surface area contributed by atoms with Crippen molar-refractivity contribution in [1.29, 1.82) is 0 Å². The molecule has 0 saturated carbocycles. The van der Waals surface area contributed by atoms with E-state index in [1.54, 1.807) is 72.8 Å². The van der Waals surface area contributed by atoms with Crippen LogP contribution in [0.4, 0.5) is 22.7 Å². The molecule has 4 aromatic rings. The van der Waals surface area contributed by atoms with Crippen LogP contribution in [-0.2, 0) is 23.7 Å². The van der Waals surface area contributed by atoms with Crippen LogP contribution >= 0.6 is 0 Å². The summed E-state index contributed by atoms with van der Waals surface area (Å²) in [5.74, 6) is 0.599. The van der Waals surface area contributed by atoms with Gasteiger partial charge in [0.1, 0.15) is 24.7 Å². The van der Waals surface area contributed by atoms with Gasteiger partial charge in [-0.1, -0.05) is 0 Å². The van der Waals surface area contributed by atoms with Crippen LogP contribution in [-0.4, -0.2) is 79.0 Å². The second-order valence-electron chi connectivity index (χ2n) is 10.00. The van der Waals surface area contributed by atoms with Crippen LogP contribution in [0.2, 0.25) is 0 Å². The Labute approximate surface area is 284 Å². The van der Waals surface area contributed by atoms with Gasteiger partial charge in [0.05, 0.1) is 87.7 Å². The summed E-state index contributed by atoms with van der Waals surface area (Å²) in [4.78, 5) is 23.0. The molecule has 0 aliphatic heterocycles. The predicted octanol–water partition coefficient (Wildman–Crippen LogP) is 7.60. The molecule has 0 atom stereocenters. The molecule has 4 rings (SSSR count). The normalized spacial score (nSPS) is 11.1. The molecule has 0 saturated heterocycles. The van der Waals surface area contributed by atoms with Crippen molar-refractivity contribution < 1.29 is 42.7 Å². The third-order valence-electron chi connectivity index (χ3n) is 6.55. The van der Waals surface area contributed by atoms with Crippen molar-refractivity contribution in [3.8, 4) is 11.5 Å². The number of hydrogen-bond acceptors (Lipinski definition) is 13. The van der Waals surface area contributed by atoms with Crippen LogP contribution in [0.5, 0.6) is 11.5 Å². The molecular formula is C36H38N4O9. The van der Waals surface area contributed by atoms with Gasteiger partial charge in [-0.3, -0.25) is 0 Å². The number of carbonyl (C=O) groups is 2. The van der Waals surface area contributed by atoms with Gasteiger partial charge in [-0.25, -0.2) is 9.59 Å². The Morgan fingerprint density at radius 1 is 0.408 bits per heavy atom. The van der Waals surface area contributed by atoms with Gasteiger partial charge < -0.3 is 33.2 Å². The van der Waals surface area contributed by atoms with E-state index in [0.717, 1.165) is 0 Å². The van der Waals surface area contributed by atoms with E-state index < -0.39 is 11.9 Å². The molecular weight excluding hydrogens is 632 g/mol. The zero-order valence-corrected chi connectivity index (χ0v) is 27.4. The maximum absolute atomic E-state index is 11.5. The molecule has 0 aromatic heterocycles. The van der Waals surface area contributed by atoms with Crippen LogP contribution in [0.15, 0.2) is 118 Å². The summed E-state index contributed by atoms with van der Waals surface area (Å²) in [5.41, 5.74) is 3.49.